The zero-order valence-corrected chi connectivity index (χ0v) is 12.7. The van der Waals surface area contributed by atoms with Gasteiger partial charge in [-0.3, -0.25) is 0 Å². The van der Waals surface area contributed by atoms with Crippen molar-refractivity contribution in [1.82, 2.24) is 10.3 Å². The van der Waals surface area contributed by atoms with E-state index in [1.165, 1.54) is 23.4 Å². The predicted octanol–water partition coefficient (Wildman–Crippen LogP) is 3.40. The third kappa shape index (κ3) is 3.11. The van der Waals surface area contributed by atoms with Crippen LogP contribution in [0.1, 0.15) is 62.0 Å². The van der Waals surface area contributed by atoms with Crippen molar-refractivity contribution in [1.29, 1.82) is 0 Å². The van der Waals surface area contributed by atoms with E-state index in [-0.39, 0.29) is 5.60 Å². The topological polar surface area (TPSA) is 34.1 Å². The highest BCUT2D eigenvalue weighted by molar-refractivity contribution is 7.11. The van der Waals surface area contributed by atoms with Crippen LogP contribution in [0, 0.1) is 0 Å². The first kappa shape index (κ1) is 14.0. The van der Waals surface area contributed by atoms with E-state index in [1.54, 1.807) is 0 Å². The Hall–Kier alpha value is -0.450. The molecule has 0 amide bonds. The molecule has 1 aromatic heterocycles. The van der Waals surface area contributed by atoms with Gasteiger partial charge in [0, 0.05) is 23.9 Å². The molecule has 0 unspecified atom stereocenters. The summed E-state index contributed by atoms with van der Waals surface area (Å²) in [6.45, 7) is 11.1. The van der Waals surface area contributed by atoms with E-state index in [0.29, 0.717) is 5.92 Å². The van der Waals surface area contributed by atoms with Crippen LogP contribution in [-0.4, -0.2) is 18.1 Å². The number of ether oxygens (including phenoxy) is 1. The van der Waals surface area contributed by atoms with Gasteiger partial charge in [0.25, 0.3) is 0 Å². The molecule has 1 heterocycles. The second kappa shape index (κ2) is 5.68. The molecule has 1 saturated carbocycles. The summed E-state index contributed by atoms with van der Waals surface area (Å²) < 4.78 is 5.82. The molecule has 1 fully saturated rings. The molecule has 18 heavy (non-hydrogen) atoms. The Balaban J connectivity index is 2.21. The lowest BCUT2D eigenvalue weighted by atomic mass is 10.1. The van der Waals surface area contributed by atoms with Gasteiger partial charge in [-0.25, -0.2) is 4.98 Å². The minimum Gasteiger partial charge on any atom is -0.369 e. The van der Waals surface area contributed by atoms with Crippen LogP contribution in [0.5, 0.6) is 0 Å². The highest BCUT2D eigenvalue weighted by Gasteiger charge is 2.33. The van der Waals surface area contributed by atoms with E-state index >= 15 is 0 Å². The Morgan fingerprint density at radius 3 is 2.67 bits per heavy atom. The molecule has 3 nitrogen and oxygen atoms in total. The van der Waals surface area contributed by atoms with Gasteiger partial charge < -0.3 is 10.1 Å². The van der Waals surface area contributed by atoms with Crippen LogP contribution in [-0.2, 0) is 16.9 Å². The van der Waals surface area contributed by atoms with Crippen LogP contribution in [0.25, 0.3) is 0 Å². The molecule has 102 valence electrons. The Labute approximate surface area is 114 Å². The minimum atomic E-state index is -0.256. The SMILES string of the molecule is CCNCc1sc(C(C)(C)OCC)nc1C1CC1. The number of rotatable bonds is 7. The molecule has 0 aliphatic heterocycles. The number of aromatic nitrogens is 1. The molecule has 2 rings (SSSR count). The van der Waals surface area contributed by atoms with Crippen molar-refractivity contribution < 1.29 is 4.74 Å². The van der Waals surface area contributed by atoms with Crippen molar-refractivity contribution in [2.75, 3.05) is 13.2 Å². The van der Waals surface area contributed by atoms with Crippen molar-refractivity contribution in [2.24, 2.45) is 0 Å². The van der Waals surface area contributed by atoms with Crippen molar-refractivity contribution in [3.05, 3.63) is 15.6 Å². The van der Waals surface area contributed by atoms with Crippen molar-refractivity contribution in [2.45, 2.75) is 58.6 Å². The average molecular weight is 268 g/mol. The van der Waals surface area contributed by atoms with E-state index in [9.17, 15) is 0 Å². The Morgan fingerprint density at radius 2 is 2.11 bits per heavy atom. The zero-order valence-electron chi connectivity index (χ0n) is 11.9. The van der Waals surface area contributed by atoms with Crippen LogP contribution >= 0.6 is 11.3 Å². The molecule has 1 aliphatic carbocycles. The second-order valence-corrected chi connectivity index (χ2v) is 6.41. The third-order valence-electron chi connectivity index (χ3n) is 3.25. The van der Waals surface area contributed by atoms with Gasteiger partial charge in [0.15, 0.2) is 0 Å². The second-order valence-electron chi connectivity index (χ2n) is 5.33. The highest BCUT2D eigenvalue weighted by atomic mass is 32.1. The lowest BCUT2D eigenvalue weighted by Gasteiger charge is -2.21. The Morgan fingerprint density at radius 1 is 1.39 bits per heavy atom. The lowest BCUT2D eigenvalue weighted by Crippen LogP contribution is -2.21. The van der Waals surface area contributed by atoms with Crippen molar-refractivity contribution in [3.63, 3.8) is 0 Å². The minimum absolute atomic E-state index is 0.256. The summed E-state index contributed by atoms with van der Waals surface area (Å²) in [7, 11) is 0. The van der Waals surface area contributed by atoms with E-state index < -0.39 is 0 Å². The molecule has 0 spiro atoms. The highest BCUT2D eigenvalue weighted by Crippen LogP contribution is 2.44. The van der Waals surface area contributed by atoms with Crippen molar-refractivity contribution >= 4 is 11.3 Å². The van der Waals surface area contributed by atoms with Crippen LogP contribution in [0.15, 0.2) is 0 Å². The van der Waals surface area contributed by atoms with Gasteiger partial charge in [0.1, 0.15) is 10.6 Å². The monoisotopic (exact) mass is 268 g/mol. The fourth-order valence-electron chi connectivity index (χ4n) is 2.08. The molecule has 0 bridgehead atoms. The Bertz CT molecular complexity index is 396. The van der Waals surface area contributed by atoms with E-state index in [4.69, 9.17) is 9.72 Å². The van der Waals surface area contributed by atoms with Crippen LogP contribution < -0.4 is 5.32 Å². The fraction of sp³-hybridized carbons (Fsp3) is 0.786. The molecule has 1 aromatic rings. The summed E-state index contributed by atoms with van der Waals surface area (Å²) >= 11 is 1.82. The number of hydrogen-bond donors (Lipinski definition) is 1. The molecule has 4 heteroatoms. The normalized spacial score (nSPS) is 16.2. The maximum atomic E-state index is 5.82. The van der Waals surface area contributed by atoms with Gasteiger partial charge >= 0.3 is 0 Å². The van der Waals surface area contributed by atoms with Crippen LogP contribution in [0.2, 0.25) is 0 Å². The fourth-order valence-corrected chi connectivity index (χ4v) is 3.26. The maximum absolute atomic E-state index is 5.82. The number of hydrogen-bond acceptors (Lipinski definition) is 4. The molecular formula is C14H24N2OS. The first-order valence-electron chi connectivity index (χ1n) is 6.93. The molecule has 0 radical (unpaired) electrons. The van der Waals surface area contributed by atoms with Crippen LogP contribution in [0.4, 0.5) is 0 Å². The lowest BCUT2D eigenvalue weighted by molar-refractivity contribution is -0.0142. The Kier molecular flexibility index (Phi) is 4.41. The smallest absolute Gasteiger partial charge is 0.125 e. The number of nitrogens with one attached hydrogen (secondary N) is 1. The first-order valence-corrected chi connectivity index (χ1v) is 7.74. The van der Waals surface area contributed by atoms with E-state index in [1.807, 2.05) is 18.3 Å². The summed E-state index contributed by atoms with van der Waals surface area (Å²) in [6.07, 6.45) is 2.61. The number of nitrogens with zero attached hydrogens (tertiary/aromatic N) is 1. The van der Waals surface area contributed by atoms with Gasteiger partial charge in [-0.05, 0) is 40.2 Å². The standard InChI is InChI=1S/C14H24N2OS/c1-5-15-9-11-12(10-7-8-10)16-13(18-11)14(3,4)17-6-2/h10,15H,5-9H2,1-4H3. The van der Waals surface area contributed by atoms with E-state index in [0.717, 1.165) is 24.7 Å². The molecule has 1 N–H and O–H groups in total. The summed E-state index contributed by atoms with van der Waals surface area (Å²) in [6, 6.07) is 0. The van der Waals surface area contributed by atoms with Gasteiger partial charge in [-0.2, -0.15) is 0 Å². The summed E-state index contributed by atoms with van der Waals surface area (Å²) in [5.41, 5.74) is 1.07. The van der Waals surface area contributed by atoms with Gasteiger partial charge in [0.2, 0.25) is 0 Å². The van der Waals surface area contributed by atoms with Gasteiger partial charge in [-0.15, -0.1) is 11.3 Å². The molecule has 0 saturated heterocycles. The summed E-state index contributed by atoms with van der Waals surface area (Å²) in [5, 5.41) is 4.54. The van der Waals surface area contributed by atoms with Crippen molar-refractivity contribution in [3.8, 4) is 0 Å². The molecule has 0 aromatic carbocycles. The average Bonchev–Trinajstić information content (AvgIpc) is 3.06. The summed E-state index contributed by atoms with van der Waals surface area (Å²) in [5.74, 6) is 0.709. The first-order chi connectivity index (χ1) is 8.58. The number of thiazole rings is 1. The predicted molar refractivity (Wildman–Crippen MR) is 76.1 cm³/mol. The van der Waals surface area contributed by atoms with Gasteiger partial charge in [-0.1, -0.05) is 6.92 Å². The largest absolute Gasteiger partial charge is 0.369 e. The maximum Gasteiger partial charge on any atom is 0.125 e. The molecule has 1 aliphatic rings. The quantitative estimate of drug-likeness (QED) is 0.823. The third-order valence-corrected chi connectivity index (χ3v) is 4.62. The summed E-state index contributed by atoms with van der Waals surface area (Å²) in [4.78, 5) is 6.27. The van der Waals surface area contributed by atoms with E-state index in [2.05, 4.69) is 26.1 Å². The van der Waals surface area contributed by atoms with Crippen LogP contribution in [0.3, 0.4) is 0 Å². The molecular weight excluding hydrogens is 244 g/mol. The molecule has 0 atom stereocenters. The van der Waals surface area contributed by atoms with Gasteiger partial charge in [0.05, 0.1) is 5.69 Å². The zero-order chi connectivity index (χ0) is 13.2.